The average Bonchev–Trinajstić information content (AvgIpc) is 3.41. The average molecular weight is 452 g/mol. The summed E-state index contributed by atoms with van der Waals surface area (Å²) in [6, 6.07) is 3.04. The van der Waals surface area contributed by atoms with Crippen LogP contribution in [-0.2, 0) is 19.6 Å². The first-order chi connectivity index (χ1) is 14.4. The highest BCUT2D eigenvalue weighted by Crippen LogP contribution is 2.27. The molecular formula is C18H21N5O5S2. The predicted octanol–water partition coefficient (Wildman–Crippen LogP) is 0.484. The van der Waals surface area contributed by atoms with Crippen LogP contribution < -0.4 is 9.62 Å². The van der Waals surface area contributed by atoms with Gasteiger partial charge < -0.3 is 14.5 Å². The van der Waals surface area contributed by atoms with Gasteiger partial charge in [-0.3, -0.25) is 4.79 Å². The highest BCUT2D eigenvalue weighted by Gasteiger charge is 2.32. The van der Waals surface area contributed by atoms with Gasteiger partial charge in [-0.05, 0) is 30.4 Å². The molecule has 2 aromatic heterocycles. The number of piperazine rings is 1. The maximum absolute atomic E-state index is 12.4. The molecule has 0 spiro atoms. The van der Waals surface area contributed by atoms with Gasteiger partial charge in [0.05, 0.1) is 0 Å². The van der Waals surface area contributed by atoms with Crippen molar-refractivity contribution in [3.8, 4) is 0 Å². The molecule has 12 heteroatoms. The third-order valence-electron chi connectivity index (χ3n) is 4.80. The highest BCUT2D eigenvalue weighted by atomic mass is 32.2. The minimum atomic E-state index is -3.77. The number of thiophene rings is 1. The van der Waals surface area contributed by atoms with Crippen LogP contribution in [0.25, 0.3) is 0 Å². The van der Waals surface area contributed by atoms with Crippen LogP contribution in [0.3, 0.4) is 0 Å². The van der Waals surface area contributed by atoms with Crippen molar-refractivity contribution in [2.24, 2.45) is 0 Å². The molecule has 10 nitrogen and oxygen atoms in total. The zero-order chi connectivity index (χ0) is 21.1. The molecule has 0 bridgehead atoms. The second kappa shape index (κ2) is 8.66. The molecule has 1 saturated carbocycles. The van der Waals surface area contributed by atoms with E-state index in [1.807, 2.05) is 4.90 Å². The van der Waals surface area contributed by atoms with Crippen molar-refractivity contribution < 1.29 is 22.7 Å². The number of carbonyl (C=O) groups is 2. The number of ether oxygens (including phenoxy) is 1. The number of amides is 1. The zero-order valence-corrected chi connectivity index (χ0v) is 17.7. The zero-order valence-electron chi connectivity index (χ0n) is 16.1. The number of nitrogens with zero attached hydrogens (tertiary/aromatic N) is 4. The largest absolute Gasteiger partial charge is 0.451 e. The third kappa shape index (κ3) is 4.77. The summed E-state index contributed by atoms with van der Waals surface area (Å²) < 4.78 is 32.5. The number of esters is 1. The minimum absolute atomic E-state index is 0.0259. The summed E-state index contributed by atoms with van der Waals surface area (Å²) >= 11 is 0.978. The van der Waals surface area contributed by atoms with E-state index in [1.165, 1.54) is 11.4 Å². The Morgan fingerprint density at radius 2 is 1.87 bits per heavy atom. The van der Waals surface area contributed by atoms with Crippen molar-refractivity contribution in [3.05, 3.63) is 34.8 Å². The van der Waals surface area contributed by atoms with Gasteiger partial charge in [0, 0.05) is 44.6 Å². The fourth-order valence-corrected chi connectivity index (χ4v) is 5.65. The molecule has 0 radical (unpaired) electrons. The number of anilines is 1. The Morgan fingerprint density at radius 1 is 1.17 bits per heavy atom. The maximum Gasteiger partial charge on any atom is 0.350 e. The van der Waals surface area contributed by atoms with Gasteiger partial charge in [-0.25, -0.2) is 27.9 Å². The van der Waals surface area contributed by atoms with Gasteiger partial charge in [-0.2, -0.15) is 0 Å². The molecule has 2 fully saturated rings. The molecule has 1 amide bonds. The van der Waals surface area contributed by atoms with Gasteiger partial charge in [0.15, 0.2) is 6.61 Å². The summed E-state index contributed by atoms with van der Waals surface area (Å²) in [7, 11) is -3.77. The molecule has 160 valence electrons. The van der Waals surface area contributed by atoms with E-state index in [2.05, 4.69) is 14.7 Å². The SMILES string of the molecule is O=C(OCC(=O)N1CCN(c2ncccn2)CC1)c1sccc1S(=O)(=O)NC1CC1. The number of hydrogen-bond donors (Lipinski definition) is 1. The molecular weight excluding hydrogens is 430 g/mol. The molecule has 1 aliphatic heterocycles. The van der Waals surface area contributed by atoms with Crippen molar-refractivity contribution in [3.63, 3.8) is 0 Å². The van der Waals surface area contributed by atoms with Gasteiger partial charge >= 0.3 is 5.97 Å². The van der Waals surface area contributed by atoms with Crippen LogP contribution in [0.4, 0.5) is 5.95 Å². The first-order valence-corrected chi connectivity index (χ1v) is 11.9. The first kappa shape index (κ1) is 20.7. The van der Waals surface area contributed by atoms with Crippen LogP contribution in [0.5, 0.6) is 0 Å². The molecule has 1 saturated heterocycles. The van der Waals surface area contributed by atoms with Crippen molar-refractivity contribution in [2.45, 2.75) is 23.8 Å². The van der Waals surface area contributed by atoms with E-state index in [1.54, 1.807) is 23.4 Å². The molecule has 1 aliphatic carbocycles. The summed E-state index contributed by atoms with van der Waals surface area (Å²) in [5.41, 5.74) is 0. The lowest BCUT2D eigenvalue weighted by Crippen LogP contribution is -2.50. The third-order valence-corrected chi connectivity index (χ3v) is 7.38. The lowest BCUT2D eigenvalue weighted by molar-refractivity contribution is -0.134. The Balaban J connectivity index is 1.30. The van der Waals surface area contributed by atoms with Crippen LogP contribution in [0.15, 0.2) is 34.8 Å². The van der Waals surface area contributed by atoms with Crippen molar-refractivity contribution in [1.82, 2.24) is 19.6 Å². The normalized spacial score (nSPS) is 17.1. The molecule has 0 unspecified atom stereocenters. The van der Waals surface area contributed by atoms with Crippen LogP contribution in [-0.4, -0.2) is 74.0 Å². The minimum Gasteiger partial charge on any atom is -0.451 e. The fraction of sp³-hybridized carbons (Fsp3) is 0.444. The number of carbonyl (C=O) groups excluding carboxylic acids is 2. The molecule has 30 heavy (non-hydrogen) atoms. The number of aromatic nitrogens is 2. The molecule has 3 heterocycles. The second-order valence-corrected chi connectivity index (χ2v) is 9.60. The quantitative estimate of drug-likeness (QED) is 0.604. The summed E-state index contributed by atoms with van der Waals surface area (Å²) in [6.45, 7) is 1.62. The summed E-state index contributed by atoms with van der Waals surface area (Å²) in [6.07, 6.45) is 4.92. The standard InChI is InChI=1S/C18H21N5O5S2/c24-15(22-7-9-23(10-8-22)18-19-5-1-6-20-18)12-28-17(25)16-14(4-11-29-16)30(26,27)21-13-2-3-13/h1,4-6,11,13,21H,2-3,7-10,12H2. The van der Waals surface area contributed by atoms with Crippen LogP contribution in [0, 0.1) is 0 Å². The smallest absolute Gasteiger partial charge is 0.350 e. The first-order valence-electron chi connectivity index (χ1n) is 9.51. The van der Waals surface area contributed by atoms with Crippen LogP contribution >= 0.6 is 11.3 Å². The van der Waals surface area contributed by atoms with Crippen molar-refractivity contribution >= 4 is 39.2 Å². The lowest BCUT2D eigenvalue weighted by atomic mass is 10.3. The highest BCUT2D eigenvalue weighted by molar-refractivity contribution is 7.89. The van der Waals surface area contributed by atoms with Crippen LogP contribution in [0.1, 0.15) is 22.5 Å². The topological polar surface area (TPSA) is 122 Å². The number of hydrogen-bond acceptors (Lipinski definition) is 9. The van der Waals surface area contributed by atoms with E-state index in [0.29, 0.717) is 32.1 Å². The van der Waals surface area contributed by atoms with Gasteiger partial charge in [0.25, 0.3) is 5.91 Å². The molecule has 1 N–H and O–H groups in total. The lowest BCUT2D eigenvalue weighted by Gasteiger charge is -2.34. The molecule has 0 aromatic carbocycles. The Hall–Kier alpha value is -2.57. The Labute approximate surface area is 177 Å². The Bertz CT molecular complexity index is 1010. The second-order valence-electron chi connectivity index (χ2n) is 7.00. The van der Waals surface area contributed by atoms with Gasteiger partial charge in [-0.15, -0.1) is 11.3 Å². The van der Waals surface area contributed by atoms with Gasteiger partial charge in [-0.1, -0.05) is 0 Å². The van der Waals surface area contributed by atoms with Crippen molar-refractivity contribution in [1.29, 1.82) is 0 Å². The Kier molecular flexibility index (Phi) is 5.97. The van der Waals surface area contributed by atoms with E-state index in [4.69, 9.17) is 4.74 Å². The van der Waals surface area contributed by atoms with E-state index in [-0.39, 0.29) is 21.7 Å². The maximum atomic E-state index is 12.4. The van der Waals surface area contributed by atoms with Crippen LogP contribution in [0.2, 0.25) is 0 Å². The number of nitrogens with one attached hydrogen (secondary N) is 1. The van der Waals surface area contributed by atoms with E-state index in [9.17, 15) is 18.0 Å². The predicted molar refractivity (Wildman–Crippen MR) is 109 cm³/mol. The molecule has 4 rings (SSSR count). The van der Waals surface area contributed by atoms with Crippen molar-refractivity contribution in [2.75, 3.05) is 37.7 Å². The summed E-state index contributed by atoms with van der Waals surface area (Å²) in [5.74, 6) is -0.526. The van der Waals surface area contributed by atoms with Gasteiger partial charge in [0.1, 0.15) is 9.77 Å². The summed E-state index contributed by atoms with van der Waals surface area (Å²) in [4.78, 5) is 36.7. The Morgan fingerprint density at radius 3 is 2.53 bits per heavy atom. The number of sulfonamides is 1. The van der Waals surface area contributed by atoms with Gasteiger partial charge in [0.2, 0.25) is 16.0 Å². The summed E-state index contributed by atoms with van der Waals surface area (Å²) in [5, 5.41) is 1.52. The monoisotopic (exact) mass is 451 g/mol. The van der Waals surface area contributed by atoms with E-state index in [0.717, 1.165) is 24.2 Å². The molecule has 2 aromatic rings. The fourth-order valence-electron chi connectivity index (χ4n) is 3.04. The van der Waals surface area contributed by atoms with E-state index < -0.39 is 22.6 Å². The van der Waals surface area contributed by atoms with E-state index >= 15 is 0 Å². The molecule has 0 atom stereocenters. The molecule has 2 aliphatic rings. The number of rotatable bonds is 7.